The third-order valence-electron chi connectivity index (χ3n) is 3.94. The van der Waals surface area contributed by atoms with E-state index in [1.807, 2.05) is 13.0 Å². The highest BCUT2D eigenvalue weighted by atomic mass is 35.5. The fraction of sp³-hybridized carbons (Fsp3) is 0.0500. The van der Waals surface area contributed by atoms with Crippen molar-refractivity contribution < 1.29 is 22.0 Å². The summed E-state index contributed by atoms with van der Waals surface area (Å²) in [5, 5.41) is 2.36. The summed E-state index contributed by atoms with van der Waals surface area (Å²) in [4.78, 5) is 12.3. The molecule has 0 fully saturated rings. The molecule has 2 N–H and O–H groups in total. The predicted octanol–water partition coefficient (Wildman–Crippen LogP) is 4.98. The van der Waals surface area contributed by atoms with Crippen LogP contribution in [0.5, 0.6) is 0 Å². The van der Waals surface area contributed by atoms with Gasteiger partial charge >= 0.3 is 0 Å². The van der Waals surface area contributed by atoms with Gasteiger partial charge in [0.05, 0.1) is 15.5 Å². The molecule has 0 aromatic heterocycles. The molecular formula is C20H15ClF2N2O3S. The number of hydrogen-bond acceptors (Lipinski definition) is 3. The maximum Gasteiger partial charge on any atom is 0.261 e. The number of amides is 1. The van der Waals surface area contributed by atoms with E-state index in [4.69, 9.17) is 11.6 Å². The van der Waals surface area contributed by atoms with Gasteiger partial charge in [-0.15, -0.1) is 0 Å². The van der Waals surface area contributed by atoms with Crippen LogP contribution in [0.15, 0.2) is 65.6 Å². The summed E-state index contributed by atoms with van der Waals surface area (Å²) in [7, 11) is -3.99. The van der Waals surface area contributed by atoms with Crippen LogP contribution in [0.1, 0.15) is 15.9 Å². The molecule has 0 bridgehead atoms. The minimum absolute atomic E-state index is 0.000380. The first-order valence-corrected chi connectivity index (χ1v) is 10.2. The van der Waals surface area contributed by atoms with E-state index in [-0.39, 0.29) is 21.2 Å². The smallest absolute Gasteiger partial charge is 0.261 e. The molecule has 0 spiro atoms. The summed E-state index contributed by atoms with van der Waals surface area (Å²) in [5.74, 6) is -2.96. The van der Waals surface area contributed by atoms with Crippen LogP contribution >= 0.6 is 11.6 Å². The molecule has 5 nitrogen and oxygen atoms in total. The van der Waals surface area contributed by atoms with Gasteiger partial charge in [-0.25, -0.2) is 17.2 Å². The van der Waals surface area contributed by atoms with Gasteiger partial charge in [0.15, 0.2) is 11.6 Å². The van der Waals surface area contributed by atoms with E-state index in [0.29, 0.717) is 5.69 Å². The monoisotopic (exact) mass is 436 g/mol. The number of carbonyl (C=O) groups excluding carboxylic acids is 1. The quantitative estimate of drug-likeness (QED) is 0.592. The number of halogens is 3. The van der Waals surface area contributed by atoms with Crippen molar-refractivity contribution in [1.29, 1.82) is 0 Å². The average Bonchev–Trinajstić information content (AvgIpc) is 2.64. The van der Waals surface area contributed by atoms with Crippen molar-refractivity contribution in [3.8, 4) is 0 Å². The molecule has 0 radical (unpaired) electrons. The average molecular weight is 437 g/mol. The molecule has 0 unspecified atom stereocenters. The van der Waals surface area contributed by atoms with Crippen molar-refractivity contribution in [2.24, 2.45) is 0 Å². The highest BCUT2D eigenvalue weighted by Crippen LogP contribution is 2.24. The molecule has 0 aliphatic carbocycles. The van der Waals surface area contributed by atoms with E-state index in [9.17, 15) is 22.0 Å². The zero-order valence-corrected chi connectivity index (χ0v) is 16.6. The number of aryl methyl sites for hydroxylation is 1. The molecule has 0 heterocycles. The second-order valence-electron chi connectivity index (χ2n) is 6.20. The largest absolute Gasteiger partial charge is 0.322 e. The number of carbonyl (C=O) groups is 1. The lowest BCUT2D eigenvalue weighted by atomic mass is 10.2. The Bertz CT molecular complexity index is 1200. The van der Waals surface area contributed by atoms with Gasteiger partial charge in [-0.2, -0.15) is 0 Å². The molecule has 29 heavy (non-hydrogen) atoms. The number of hydrogen-bond donors (Lipinski definition) is 2. The second-order valence-corrected chi connectivity index (χ2v) is 8.29. The van der Waals surface area contributed by atoms with Gasteiger partial charge in [0.2, 0.25) is 0 Å². The minimum atomic E-state index is -3.99. The lowest BCUT2D eigenvalue weighted by Gasteiger charge is -2.11. The van der Waals surface area contributed by atoms with Gasteiger partial charge in [-0.1, -0.05) is 23.7 Å². The molecule has 9 heteroatoms. The number of benzene rings is 3. The number of nitrogens with one attached hydrogen (secondary N) is 2. The van der Waals surface area contributed by atoms with Crippen LogP contribution in [-0.2, 0) is 10.0 Å². The van der Waals surface area contributed by atoms with E-state index in [1.165, 1.54) is 18.2 Å². The Morgan fingerprint density at radius 2 is 1.69 bits per heavy atom. The molecule has 150 valence electrons. The first kappa shape index (κ1) is 20.8. The zero-order chi connectivity index (χ0) is 21.2. The Hall–Kier alpha value is -2.97. The van der Waals surface area contributed by atoms with Crippen molar-refractivity contribution in [2.75, 3.05) is 10.0 Å². The Labute approximate surface area is 171 Å². The van der Waals surface area contributed by atoms with E-state index < -0.39 is 27.6 Å². The van der Waals surface area contributed by atoms with Crippen LogP contribution in [0.4, 0.5) is 20.2 Å². The highest BCUT2D eigenvalue weighted by Gasteiger charge is 2.19. The molecule has 1 amide bonds. The van der Waals surface area contributed by atoms with Gasteiger partial charge in [0.1, 0.15) is 0 Å². The number of rotatable bonds is 5. The number of anilines is 2. The van der Waals surface area contributed by atoms with Gasteiger partial charge in [-0.3, -0.25) is 9.52 Å². The minimum Gasteiger partial charge on any atom is -0.322 e. The van der Waals surface area contributed by atoms with E-state index in [0.717, 1.165) is 23.8 Å². The van der Waals surface area contributed by atoms with E-state index in [1.54, 1.807) is 18.2 Å². The van der Waals surface area contributed by atoms with Gasteiger partial charge < -0.3 is 5.32 Å². The van der Waals surface area contributed by atoms with E-state index >= 15 is 0 Å². The Kier molecular flexibility index (Phi) is 5.86. The molecule has 0 saturated carbocycles. The molecule has 3 aromatic rings. The van der Waals surface area contributed by atoms with E-state index in [2.05, 4.69) is 10.0 Å². The zero-order valence-electron chi connectivity index (χ0n) is 15.0. The summed E-state index contributed by atoms with van der Waals surface area (Å²) < 4.78 is 54.1. The highest BCUT2D eigenvalue weighted by molar-refractivity contribution is 7.92. The lowest BCUT2D eigenvalue weighted by Crippen LogP contribution is -2.16. The fourth-order valence-corrected chi connectivity index (χ4v) is 3.82. The SMILES string of the molecule is Cc1cccc(NS(=O)(=O)c2ccc(Cl)c(C(=O)Nc3ccc(F)c(F)c3)c2)c1. The first-order valence-electron chi connectivity index (χ1n) is 8.31. The Morgan fingerprint density at radius 3 is 2.38 bits per heavy atom. The molecule has 0 aliphatic heterocycles. The van der Waals surface area contributed by atoms with Crippen LogP contribution in [-0.4, -0.2) is 14.3 Å². The normalized spacial score (nSPS) is 11.2. The summed E-state index contributed by atoms with van der Waals surface area (Å²) in [6, 6.07) is 13.2. The summed E-state index contributed by atoms with van der Waals surface area (Å²) >= 11 is 6.03. The molecule has 0 saturated heterocycles. The predicted molar refractivity (Wildman–Crippen MR) is 108 cm³/mol. The van der Waals surface area contributed by atoms with Crippen molar-refractivity contribution in [3.63, 3.8) is 0 Å². The molecule has 0 atom stereocenters. The molecule has 3 aromatic carbocycles. The fourth-order valence-electron chi connectivity index (χ4n) is 2.54. The van der Waals surface area contributed by atoms with Gasteiger partial charge in [0.25, 0.3) is 15.9 Å². The maximum absolute atomic E-state index is 13.3. The van der Waals surface area contributed by atoms with Crippen molar-refractivity contribution in [2.45, 2.75) is 11.8 Å². The first-order chi connectivity index (χ1) is 13.7. The van der Waals surface area contributed by atoms with Crippen LogP contribution in [0.25, 0.3) is 0 Å². The van der Waals surface area contributed by atoms with Gasteiger partial charge in [0, 0.05) is 17.4 Å². The molecule has 0 aliphatic rings. The lowest BCUT2D eigenvalue weighted by molar-refractivity contribution is 0.102. The molecule has 3 rings (SSSR count). The summed E-state index contributed by atoms with van der Waals surface area (Å²) in [5.41, 5.74) is 1.10. The van der Waals surface area contributed by atoms with Crippen molar-refractivity contribution in [3.05, 3.63) is 88.4 Å². The third kappa shape index (κ3) is 4.90. The Balaban J connectivity index is 1.88. The summed E-state index contributed by atoms with van der Waals surface area (Å²) in [6.07, 6.45) is 0. The van der Waals surface area contributed by atoms with Crippen LogP contribution in [0, 0.1) is 18.6 Å². The maximum atomic E-state index is 13.3. The standard InChI is InChI=1S/C20H15ClF2N2O3S/c1-12-3-2-4-14(9-12)25-29(27,28)15-6-7-17(21)16(11-15)20(26)24-13-5-8-18(22)19(23)10-13/h2-11,25H,1H3,(H,24,26). The van der Waals surface area contributed by atoms with Crippen molar-refractivity contribution in [1.82, 2.24) is 0 Å². The van der Waals surface area contributed by atoms with Crippen LogP contribution in [0.3, 0.4) is 0 Å². The Morgan fingerprint density at radius 1 is 0.931 bits per heavy atom. The molecular weight excluding hydrogens is 422 g/mol. The van der Waals surface area contributed by atoms with Crippen LogP contribution in [0.2, 0.25) is 5.02 Å². The topological polar surface area (TPSA) is 75.3 Å². The van der Waals surface area contributed by atoms with Gasteiger partial charge in [-0.05, 0) is 55.0 Å². The third-order valence-corrected chi connectivity index (χ3v) is 5.65. The number of sulfonamides is 1. The summed E-state index contributed by atoms with van der Waals surface area (Å²) in [6.45, 7) is 1.82. The van der Waals surface area contributed by atoms with Crippen molar-refractivity contribution >= 4 is 38.9 Å². The second kappa shape index (κ2) is 8.18. The van der Waals surface area contributed by atoms with Crippen LogP contribution < -0.4 is 10.0 Å².